The Kier molecular flexibility index (Phi) is 4.34. The van der Waals surface area contributed by atoms with E-state index in [2.05, 4.69) is 26.1 Å². The molecule has 0 aliphatic carbocycles. The van der Waals surface area contributed by atoms with E-state index in [1.54, 1.807) is 0 Å². The van der Waals surface area contributed by atoms with Crippen molar-refractivity contribution < 1.29 is 9.21 Å². The summed E-state index contributed by atoms with van der Waals surface area (Å²) in [6.45, 7) is 8.50. The average molecular weight is 238 g/mol. The second kappa shape index (κ2) is 5.36. The molecule has 0 saturated carbocycles. The molecule has 3 N–H and O–H groups in total. The van der Waals surface area contributed by atoms with Crippen LogP contribution in [-0.2, 0) is 11.2 Å². The molecule has 4 nitrogen and oxygen atoms in total. The first kappa shape index (κ1) is 13.8. The minimum atomic E-state index is -0.360. The van der Waals surface area contributed by atoms with E-state index in [4.69, 9.17) is 10.2 Å². The van der Waals surface area contributed by atoms with Gasteiger partial charge in [0.05, 0.1) is 12.6 Å². The summed E-state index contributed by atoms with van der Waals surface area (Å²) in [4.78, 5) is 10.9. The highest BCUT2D eigenvalue weighted by molar-refractivity contribution is 5.75. The van der Waals surface area contributed by atoms with Gasteiger partial charge in [0.2, 0.25) is 5.91 Å². The van der Waals surface area contributed by atoms with Crippen molar-refractivity contribution in [3.8, 4) is 0 Å². The summed E-state index contributed by atoms with van der Waals surface area (Å²) in [6, 6.07) is 3.92. The van der Waals surface area contributed by atoms with Gasteiger partial charge in [0.25, 0.3) is 0 Å². The number of furan rings is 1. The molecule has 0 fully saturated rings. The van der Waals surface area contributed by atoms with Crippen LogP contribution >= 0.6 is 0 Å². The SMILES string of the molecule is CCc1ccc(C(NCC(N)=O)C(C)(C)C)o1. The van der Waals surface area contributed by atoms with Crippen LogP contribution < -0.4 is 11.1 Å². The van der Waals surface area contributed by atoms with Crippen LogP contribution in [0, 0.1) is 5.41 Å². The summed E-state index contributed by atoms with van der Waals surface area (Å²) in [5.41, 5.74) is 5.12. The number of primary amides is 1. The van der Waals surface area contributed by atoms with Crippen molar-refractivity contribution in [2.45, 2.75) is 40.2 Å². The molecule has 1 rings (SSSR count). The summed E-state index contributed by atoms with van der Waals surface area (Å²) in [7, 11) is 0. The fraction of sp³-hybridized carbons (Fsp3) is 0.615. The van der Waals surface area contributed by atoms with Gasteiger partial charge in [-0.1, -0.05) is 27.7 Å². The Morgan fingerprint density at radius 1 is 1.47 bits per heavy atom. The molecular weight excluding hydrogens is 216 g/mol. The van der Waals surface area contributed by atoms with E-state index in [-0.39, 0.29) is 23.9 Å². The van der Waals surface area contributed by atoms with Gasteiger partial charge in [0.15, 0.2) is 0 Å². The zero-order chi connectivity index (χ0) is 13.1. The van der Waals surface area contributed by atoms with Gasteiger partial charge in [-0.2, -0.15) is 0 Å². The summed E-state index contributed by atoms with van der Waals surface area (Å²) in [6.07, 6.45) is 0.868. The van der Waals surface area contributed by atoms with E-state index in [9.17, 15) is 4.79 Å². The van der Waals surface area contributed by atoms with Gasteiger partial charge in [0, 0.05) is 6.42 Å². The van der Waals surface area contributed by atoms with Gasteiger partial charge in [0.1, 0.15) is 11.5 Å². The molecule has 0 aliphatic rings. The standard InChI is InChI=1S/C13H22N2O2/c1-5-9-6-7-10(17-9)12(13(2,3)4)15-8-11(14)16/h6-7,12,15H,5,8H2,1-4H3,(H2,14,16). The smallest absolute Gasteiger partial charge is 0.231 e. The lowest BCUT2D eigenvalue weighted by molar-refractivity contribution is -0.117. The maximum absolute atomic E-state index is 10.9. The number of carbonyl (C=O) groups excluding carboxylic acids is 1. The Bertz CT molecular complexity index is 377. The number of aryl methyl sites for hydroxylation is 1. The van der Waals surface area contributed by atoms with Crippen LogP contribution in [-0.4, -0.2) is 12.5 Å². The predicted molar refractivity (Wildman–Crippen MR) is 67.5 cm³/mol. The summed E-state index contributed by atoms with van der Waals surface area (Å²) >= 11 is 0. The van der Waals surface area contributed by atoms with E-state index in [1.807, 2.05) is 19.1 Å². The van der Waals surface area contributed by atoms with Crippen LogP contribution in [0.1, 0.15) is 45.3 Å². The molecule has 4 heteroatoms. The first-order valence-corrected chi connectivity index (χ1v) is 5.95. The van der Waals surface area contributed by atoms with Gasteiger partial charge in [-0.25, -0.2) is 0 Å². The maximum Gasteiger partial charge on any atom is 0.231 e. The van der Waals surface area contributed by atoms with Crippen LogP contribution in [0.25, 0.3) is 0 Å². The first-order chi connectivity index (χ1) is 7.84. The van der Waals surface area contributed by atoms with E-state index in [1.165, 1.54) is 0 Å². The normalized spacial score (nSPS) is 13.6. The lowest BCUT2D eigenvalue weighted by Gasteiger charge is -2.29. The third-order valence-corrected chi connectivity index (χ3v) is 2.66. The average Bonchev–Trinajstić information content (AvgIpc) is 2.63. The molecule has 0 bridgehead atoms. The van der Waals surface area contributed by atoms with E-state index in [0.29, 0.717) is 0 Å². The summed E-state index contributed by atoms with van der Waals surface area (Å²) < 4.78 is 5.74. The molecule has 1 atom stereocenters. The largest absolute Gasteiger partial charge is 0.464 e. The molecule has 1 aromatic heterocycles. The summed E-state index contributed by atoms with van der Waals surface area (Å²) in [5.74, 6) is 1.45. The highest BCUT2D eigenvalue weighted by Gasteiger charge is 2.28. The van der Waals surface area contributed by atoms with Gasteiger partial charge < -0.3 is 10.2 Å². The van der Waals surface area contributed by atoms with Crippen molar-refractivity contribution >= 4 is 5.91 Å². The van der Waals surface area contributed by atoms with Crippen LogP contribution in [0.5, 0.6) is 0 Å². The second-order valence-electron chi connectivity index (χ2n) is 5.30. The third-order valence-electron chi connectivity index (χ3n) is 2.66. The summed E-state index contributed by atoms with van der Waals surface area (Å²) in [5, 5.41) is 3.14. The zero-order valence-corrected chi connectivity index (χ0v) is 11.0. The molecule has 0 spiro atoms. The third kappa shape index (κ3) is 3.89. The minimum absolute atomic E-state index is 0.0182. The topological polar surface area (TPSA) is 68.3 Å². The number of nitrogens with one attached hydrogen (secondary N) is 1. The molecule has 17 heavy (non-hydrogen) atoms. The number of rotatable bonds is 5. The predicted octanol–water partition coefficient (Wildman–Crippen LogP) is 2.00. The van der Waals surface area contributed by atoms with E-state index >= 15 is 0 Å². The van der Waals surface area contributed by atoms with Crippen LogP contribution in [0.3, 0.4) is 0 Å². The molecule has 0 radical (unpaired) electrons. The van der Waals surface area contributed by atoms with Crippen LogP contribution in [0.2, 0.25) is 0 Å². The number of hydrogen-bond donors (Lipinski definition) is 2. The van der Waals surface area contributed by atoms with E-state index in [0.717, 1.165) is 17.9 Å². The molecule has 0 saturated heterocycles. The van der Waals surface area contributed by atoms with Crippen molar-refractivity contribution in [3.05, 3.63) is 23.7 Å². The second-order valence-corrected chi connectivity index (χ2v) is 5.30. The molecule has 1 aromatic rings. The highest BCUT2D eigenvalue weighted by atomic mass is 16.3. The van der Waals surface area contributed by atoms with E-state index < -0.39 is 0 Å². The molecule has 96 valence electrons. The lowest BCUT2D eigenvalue weighted by atomic mass is 9.85. The van der Waals surface area contributed by atoms with Crippen molar-refractivity contribution in [1.82, 2.24) is 5.32 Å². The van der Waals surface area contributed by atoms with Crippen molar-refractivity contribution in [2.75, 3.05) is 6.54 Å². The van der Waals surface area contributed by atoms with Gasteiger partial charge in [-0.15, -0.1) is 0 Å². The quantitative estimate of drug-likeness (QED) is 0.824. The fourth-order valence-corrected chi connectivity index (χ4v) is 1.78. The number of carbonyl (C=O) groups is 1. The van der Waals surface area contributed by atoms with Crippen LogP contribution in [0.4, 0.5) is 0 Å². The highest BCUT2D eigenvalue weighted by Crippen LogP contribution is 2.33. The van der Waals surface area contributed by atoms with Crippen molar-refractivity contribution in [2.24, 2.45) is 11.1 Å². The van der Waals surface area contributed by atoms with Crippen molar-refractivity contribution in [1.29, 1.82) is 0 Å². The molecule has 1 unspecified atom stereocenters. The number of nitrogens with two attached hydrogens (primary N) is 1. The Balaban J connectivity index is 2.86. The molecule has 0 aromatic carbocycles. The molecular formula is C13H22N2O2. The lowest BCUT2D eigenvalue weighted by Crippen LogP contribution is -2.37. The van der Waals surface area contributed by atoms with Gasteiger partial charge in [-0.3, -0.25) is 10.1 Å². The van der Waals surface area contributed by atoms with Crippen LogP contribution in [0.15, 0.2) is 16.5 Å². The number of hydrogen-bond acceptors (Lipinski definition) is 3. The monoisotopic (exact) mass is 238 g/mol. The Morgan fingerprint density at radius 3 is 2.53 bits per heavy atom. The minimum Gasteiger partial charge on any atom is -0.464 e. The zero-order valence-electron chi connectivity index (χ0n) is 11.0. The number of amides is 1. The Morgan fingerprint density at radius 2 is 2.12 bits per heavy atom. The maximum atomic E-state index is 10.9. The molecule has 1 heterocycles. The van der Waals surface area contributed by atoms with Crippen molar-refractivity contribution in [3.63, 3.8) is 0 Å². The Labute approximate surface area is 103 Å². The fourth-order valence-electron chi connectivity index (χ4n) is 1.78. The molecule has 1 amide bonds. The first-order valence-electron chi connectivity index (χ1n) is 5.95. The van der Waals surface area contributed by atoms with Gasteiger partial charge >= 0.3 is 0 Å². The molecule has 0 aliphatic heterocycles. The Hall–Kier alpha value is -1.29. The van der Waals surface area contributed by atoms with Gasteiger partial charge in [-0.05, 0) is 17.5 Å².